The maximum absolute atomic E-state index is 2.32. The standard InChI is InChI=1S/C36H30N2/c1-37-33(27-15-7-3-8-16-27)23-31(24-34(37)28-17-9-4-10-18-28)32-25-35(29-19-11-5-12-20-29)38(2)36(26-32)30-21-13-6-14-22-30/h3-26H,1-2H3. The number of rotatable bonds is 4. The first-order valence-electron chi connectivity index (χ1n) is 13.0. The van der Waals surface area contributed by atoms with Gasteiger partial charge < -0.3 is 9.80 Å². The molecule has 6 rings (SSSR count). The first-order chi connectivity index (χ1) is 18.7. The predicted octanol–water partition coefficient (Wildman–Crippen LogP) is 8.34. The van der Waals surface area contributed by atoms with E-state index >= 15 is 0 Å². The lowest BCUT2D eigenvalue weighted by molar-refractivity contribution is 0.675. The van der Waals surface area contributed by atoms with E-state index in [1.54, 1.807) is 0 Å². The van der Waals surface area contributed by atoms with E-state index in [2.05, 4.69) is 170 Å². The quantitative estimate of drug-likeness (QED) is 0.284. The van der Waals surface area contributed by atoms with Crippen molar-refractivity contribution < 1.29 is 0 Å². The Morgan fingerprint density at radius 1 is 0.316 bits per heavy atom. The third-order valence-electron chi connectivity index (χ3n) is 7.23. The van der Waals surface area contributed by atoms with Gasteiger partial charge in [-0.3, -0.25) is 0 Å². The van der Waals surface area contributed by atoms with Crippen LogP contribution in [0.5, 0.6) is 0 Å². The topological polar surface area (TPSA) is 6.48 Å². The highest BCUT2D eigenvalue weighted by molar-refractivity contribution is 5.88. The minimum absolute atomic E-state index is 1.18. The van der Waals surface area contributed by atoms with Crippen molar-refractivity contribution in [2.45, 2.75) is 0 Å². The number of hydrogen-bond acceptors (Lipinski definition) is 2. The number of hydrogen-bond donors (Lipinski definition) is 0. The molecule has 0 N–H and O–H groups in total. The van der Waals surface area contributed by atoms with Crippen LogP contribution in [0.25, 0.3) is 22.8 Å². The fourth-order valence-corrected chi connectivity index (χ4v) is 5.20. The highest BCUT2D eigenvalue weighted by atomic mass is 15.1. The van der Waals surface area contributed by atoms with Crippen molar-refractivity contribution in [3.63, 3.8) is 0 Å². The van der Waals surface area contributed by atoms with Crippen LogP contribution in [-0.4, -0.2) is 23.9 Å². The van der Waals surface area contributed by atoms with Crippen molar-refractivity contribution in [1.29, 1.82) is 0 Å². The minimum atomic E-state index is 1.18. The van der Waals surface area contributed by atoms with Crippen molar-refractivity contribution in [3.05, 3.63) is 179 Å². The first kappa shape index (κ1) is 23.6. The van der Waals surface area contributed by atoms with E-state index in [0.717, 1.165) is 0 Å². The molecule has 0 spiro atoms. The summed E-state index contributed by atoms with van der Waals surface area (Å²) in [4.78, 5) is 4.60. The summed E-state index contributed by atoms with van der Waals surface area (Å²) in [6.45, 7) is 0. The maximum Gasteiger partial charge on any atom is 0.0488 e. The summed E-state index contributed by atoms with van der Waals surface area (Å²) in [5.74, 6) is 0. The zero-order valence-corrected chi connectivity index (χ0v) is 21.8. The molecule has 38 heavy (non-hydrogen) atoms. The van der Waals surface area contributed by atoms with Crippen LogP contribution in [0.3, 0.4) is 0 Å². The van der Waals surface area contributed by atoms with Gasteiger partial charge in [0.05, 0.1) is 0 Å². The van der Waals surface area contributed by atoms with Crippen molar-refractivity contribution in [2.75, 3.05) is 14.1 Å². The molecule has 0 saturated carbocycles. The third-order valence-corrected chi connectivity index (χ3v) is 7.23. The van der Waals surface area contributed by atoms with Crippen molar-refractivity contribution in [2.24, 2.45) is 0 Å². The maximum atomic E-state index is 2.32. The SMILES string of the molecule is CN1C(c2ccccc2)=CC(=C2C=C(c3ccccc3)N(C)C(c3ccccc3)=C2)C=C1c1ccccc1. The molecule has 2 aliphatic heterocycles. The smallest absolute Gasteiger partial charge is 0.0488 e. The van der Waals surface area contributed by atoms with E-state index in [1.807, 2.05) is 0 Å². The average Bonchev–Trinajstić information content (AvgIpc) is 2.99. The summed E-state index contributed by atoms with van der Waals surface area (Å²) in [6.07, 6.45) is 9.28. The molecule has 0 saturated heterocycles. The van der Waals surface area contributed by atoms with Gasteiger partial charge in [-0.15, -0.1) is 0 Å². The molecule has 0 bridgehead atoms. The monoisotopic (exact) mass is 490 g/mol. The summed E-state index contributed by atoms with van der Waals surface area (Å²) >= 11 is 0. The van der Waals surface area contributed by atoms with Gasteiger partial charge in [0.25, 0.3) is 0 Å². The van der Waals surface area contributed by atoms with Crippen molar-refractivity contribution in [3.8, 4) is 0 Å². The second kappa shape index (κ2) is 10.3. The largest absolute Gasteiger partial charge is 0.344 e. The zero-order valence-electron chi connectivity index (χ0n) is 21.8. The molecule has 2 aliphatic rings. The van der Waals surface area contributed by atoms with Crippen LogP contribution in [0.2, 0.25) is 0 Å². The van der Waals surface area contributed by atoms with E-state index in [0.29, 0.717) is 0 Å². The highest BCUT2D eigenvalue weighted by Gasteiger charge is 2.23. The molecule has 0 radical (unpaired) electrons. The molecule has 2 heterocycles. The Bertz CT molecular complexity index is 1350. The van der Waals surface area contributed by atoms with Gasteiger partial charge in [0, 0.05) is 36.9 Å². The molecular formula is C36H30N2. The van der Waals surface area contributed by atoms with E-state index in [9.17, 15) is 0 Å². The average molecular weight is 491 g/mol. The van der Waals surface area contributed by atoms with Gasteiger partial charge in [0.2, 0.25) is 0 Å². The van der Waals surface area contributed by atoms with Crippen LogP contribution in [0.15, 0.2) is 157 Å². The van der Waals surface area contributed by atoms with Crippen LogP contribution >= 0.6 is 0 Å². The Labute approximate surface area is 225 Å². The molecule has 2 nitrogen and oxygen atoms in total. The Balaban J connectivity index is 1.60. The highest BCUT2D eigenvalue weighted by Crippen LogP contribution is 2.39. The number of nitrogens with zero attached hydrogens (tertiary/aromatic N) is 2. The first-order valence-corrected chi connectivity index (χ1v) is 13.0. The van der Waals surface area contributed by atoms with E-state index in [-0.39, 0.29) is 0 Å². The summed E-state index contributed by atoms with van der Waals surface area (Å²) in [7, 11) is 4.31. The van der Waals surface area contributed by atoms with Crippen molar-refractivity contribution in [1.82, 2.24) is 9.80 Å². The second-order valence-electron chi connectivity index (χ2n) is 9.61. The van der Waals surface area contributed by atoms with Crippen LogP contribution in [-0.2, 0) is 0 Å². The van der Waals surface area contributed by atoms with Gasteiger partial charge in [-0.05, 0) is 57.7 Å². The van der Waals surface area contributed by atoms with Gasteiger partial charge in [-0.1, -0.05) is 121 Å². The molecule has 4 aromatic rings. The summed E-state index contributed by atoms with van der Waals surface area (Å²) in [5.41, 5.74) is 11.9. The molecule has 0 atom stereocenters. The zero-order chi connectivity index (χ0) is 25.9. The lowest BCUT2D eigenvalue weighted by atomic mass is 9.92. The van der Waals surface area contributed by atoms with Crippen LogP contribution < -0.4 is 0 Å². The lowest BCUT2D eigenvalue weighted by Crippen LogP contribution is -2.21. The van der Waals surface area contributed by atoms with Gasteiger partial charge >= 0.3 is 0 Å². The summed E-state index contributed by atoms with van der Waals surface area (Å²) in [5, 5.41) is 0. The normalized spacial score (nSPS) is 15.5. The lowest BCUT2D eigenvalue weighted by Gasteiger charge is -2.33. The molecule has 2 heteroatoms. The molecule has 0 aromatic heterocycles. The van der Waals surface area contributed by atoms with Gasteiger partial charge in [-0.25, -0.2) is 0 Å². The van der Waals surface area contributed by atoms with E-state index < -0.39 is 0 Å². The van der Waals surface area contributed by atoms with E-state index in [1.165, 1.54) is 56.2 Å². The summed E-state index contributed by atoms with van der Waals surface area (Å²) < 4.78 is 0. The molecule has 0 unspecified atom stereocenters. The Kier molecular flexibility index (Phi) is 6.37. The van der Waals surface area contributed by atoms with Gasteiger partial charge in [0.15, 0.2) is 0 Å². The van der Waals surface area contributed by atoms with Gasteiger partial charge in [-0.2, -0.15) is 0 Å². The van der Waals surface area contributed by atoms with Gasteiger partial charge in [0.1, 0.15) is 0 Å². The minimum Gasteiger partial charge on any atom is -0.344 e. The second-order valence-corrected chi connectivity index (χ2v) is 9.61. The predicted molar refractivity (Wildman–Crippen MR) is 160 cm³/mol. The third kappa shape index (κ3) is 4.53. The summed E-state index contributed by atoms with van der Waals surface area (Å²) in [6, 6.07) is 42.6. The van der Waals surface area contributed by atoms with Crippen LogP contribution in [0.4, 0.5) is 0 Å². The van der Waals surface area contributed by atoms with Crippen molar-refractivity contribution >= 4 is 22.8 Å². The van der Waals surface area contributed by atoms with Crippen LogP contribution in [0.1, 0.15) is 22.3 Å². The molecular weight excluding hydrogens is 460 g/mol. The fourth-order valence-electron chi connectivity index (χ4n) is 5.20. The Morgan fingerprint density at radius 3 is 0.737 bits per heavy atom. The van der Waals surface area contributed by atoms with Crippen LogP contribution in [0, 0.1) is 0 Å². The van der Waals surface area contributed by atoms with E-state index in [4.69, 9.17) is 0 Å². The molecule has 4 aromatic carbocycles. The molecule has 0 aliphatic carbocycles. The molecule has 184 valence electrons. The Hall–Kier alpha value is -4.82. The molecule has 0 amide bonds. The number of allylic oxidation sites excluding steroid dienone is 6. The fraction of sp³-hybridized carbons (Fsp3) is 0.0556. The number of benzene rings is 4. The Morgan fingerprint density at radius 2 is 0.526 bits per heavy atom. The molecule has 0 fully saturated rings.